The lowest BCUT2D eigenvalue weighted by Gasteiger charge is -2.21. The number of halogens is 1. The average Bonchev–Trinajstić information content (AvgIpc) is 2.26. The normalized spacial score (nSPS) is 19.4. The summed E-state index contributed by atoms with van der Waals surface area (Å²) in [7, 11) is 0. The summed E-state index contributed by atoms with van der Waals surface area (Å²) in [6.07, 6.45) is 0. The Morgan fingerprint density at radius 1 is 1.43 bits per heavy atom. The van der Waals surface area contributed by atoms with Gasteiger partial charge < -0.3 is 5.32 Å². The number of thioether (sulfide) groups is 1. The van der Waals surface area contributed by atoms with E-state index in [1.54, 1.807) is 17.8 Å². The van der Waals surface area contributed by atoms with Crippen LogP contribution in [0.1, 0.15) is 13.8 Å². The molecule has 76 valence electrons. The maximum Gasteiger partial charge on any atom is 0.125 e. The predicted molar refractivity (Wildman–Crippen MR) is 59.4 cm³/mol. The van der Waals surface area contributed by atoms with Gasteiger partial charge in [-0.25, -0.2) is 4.39 Å². The first-order valence-electron chi connectivity index (χ1n) is 4.73. The van der Waals surface area contributed by atoms with E-state index in [2.05, 4.69) is 19.2 Å². The summed E-state index contributed by atoms with van der Waals surface area (Å²) in [4.78, 5) is 1.15. The highest BCUT2D eigenvalue weighted by Crippen LogP contribution is 2.36. The van der Waals surface area contributed by atoms with Crippen LogP contribution in [0.5, 0.6) is 0 Å². The average molecular weight is 211 g/mol. The second-order valence-corrected chi connectivity index (χ2v) is 5.46. The largest absolute Gasteiger partial charge is 0.383 e. The van der Waals surface area contributed by atoms with Gasteiger partial charge in [-0.05, 0) is 23.6 Å². The first kappa shape index (κ1) is 9.84. The van der Waals surface area contributed by atoms with Crippen LogP contribution in [0.4, 0.5) is 10.1 Å². The van der Waals surface area contributed by atoms with Gasteiger partial charge in [-0.1, -0.05) is 13.8 Å². The number of fused-ring (bicyclic) bond motifs is 1. The van der Waals surface area contributed by atoms with Crippen molar-refractivity contribution < 1.29 is 4.39 Å². The van der Waals surface area contributed by atoms with E-state index in [1.807, 2.05) is 6.07 Å². The highest BCUT2D eigenvalue weighted by Gasteiger charge is 2.22. The first-order chi connectivity index (χ1) is 6.57. The lowest BCUT2D eigenvalue weighted by Crippen LogP contribution is -2.23. The maximum absolute atomic E-state index is 13.0. The van der Waals surface area contributed by atoms with Crippen LogP contribution in [0.15, 0.2) is 23.1 Å². The zero-order chi connectivity index (χ0) is 10.2. The summed E-state index contributed by atoms with van der Waals surface area (Å²) in [5.74, 6) is 0.898. The summed E-state index contributed by atoms with van der Waals surface area (Å²) in [5.41, 5.74) is 1.20. The molecule has 1 aromatic carbocycles. The lowest BCUT2D eigenvalue weighted by molar-refractivity contribution is 0.455. The van der Waals surface area contributed by atoms with Gasteiger partial charge in [0, 0.05) is 17.2 Å². The predicted octanol–water partition coefficient (Wildman–Crippen LogP) is 3.37. The Bertz CT molecular complexity index is 349. The molecule has 0 fully saturated rings. The van der Waals surface area contributed by atoms with Crippen LogP contribution in [-0.4, -0.2) is 12.3 Å². The fourth-order valence-corrected chi connectivity index (χ4v) is 2.52. The Morgan fingerprint density at radius 3 is 3.00 bits per heavy atom. The van der Waals surface area contributed by atoms with E-state index in [0.29, 0.717) is 0 Å². The molecule has 0 amide bonds. The molecule has 1 nitrogen and oxygen atoms in total. The molecule has 1 aliphatic heterocycles. The van der Waals surface area contributed by atoms with E-state index in [9.17, 15) is 4.39 Å². The van der Waals surface area contributed by atoms with Gasteiger partial charge in [0.2, 0.25) is 0 Å². The number of benzene rings is 1. The molecule has 0 bridgehead atoms. The van der Waals surface area contributed by atoms with Crippen LogP contribution in [0.25, 0.3) is 0 Å². The summed E-state index contributed by atoms with van der Waals surface area (Å²) in [5, 5.41) is 3.30. The number of rotatable bonds is 0. The topological polar surface area (TPSA) is 12.0 Å². The zero-order valence-corrected chi connectivity index (χ0v) is 9.25. The minimum atomic E-state index is -0.170. The van der Waals surface area contributed by atoms with Crippen LogP contribution in [0.2, 0.25) is 0 Å². The molecule has 0 aromatic heterocycles. The van der Waals surface area contributed by atoms with Gasteiger partial charge >= 0.3 is 0 Å². The van der Waals surface area contributed by atoms with Gasteiger partial charge in [0.15, 0.2) is 0 Å². The molecule has 3 heteroatoms. The molecule has 0 saturated heterocycles. The molecule has 1 N–H and O–H groups in total. The summed E-state index contributed by atoms with van der Waals surface area (Å²) >= 11 is 1.80. The van der Waals surface area contributed by atoms with E-state index >= 15 is 0 Å². The van der Waals surface area contributed by atoms with Gasteiger partial charge in [0.1, 0.15) is 5.82 Å². The zero-order valence-electron chi connectivity index (χ0n) is 8.43. The Kier molecular flexibility index (Phi) is 2.43. The highest BCUT2D eigenvalue weighted by atomic mass is 32.2. The van der Waals surface area contributed by atoms with Crippen molar-refractivity contribution in [2.75, 3.05) is 17.6 Å². The van der Waals surface area contributed by atoms with Crippen LogP contribution in [0, 0.1) is 11.2 Å². The fraction of sp³-hybridized carbons (Fsp3) is 0.455. The van der Waals surface area contributed by atoms with Crippen LogP contribution >= 0.6 is 11.8 Å². The second-order valence-electron chi connectivity index (χ2n) is 4.45. The van der Waals surface area contributed by atoms with E-state index in [4.69, 9.17) is 0 Å². The Balaban J connectivity index is 2.30. The number of hydrogen-bond donors (Lipinski definition) is 1. The lowest BCUT2D eigenvalue weighted by atomic mass is 9.96. The maximum atomic E-state index is 13.0. The van der Waals surface area contributed by atoms with Crippen LogP contribution < -0.4 is 5.32 Å². The van der Waals surface area contributed by atoms with Crippen molar-refractivity contribution in [3.63, 3.8) is 0 Å². The van der Waals surface area contributed by atoms with Crippen molar-refractivity contribution in [1.82, 2.24) is 0 Å². The van der Waals surface area contributed by atoms with E-state index in [-0.39, 0.29) is 11.2 Å². The van der Waals surface area contributed by atoms with Crippen molar-refractivity contribution in [2.45, 2.75) is 18.7 Å². The van der Waals surface area contributed by atoms with Gasteiger partial charge in [-0.15, -0.1) is 11.8 Å². The fourth-order valence-electron chi connectivity index (χ4n) is 1.42. The quantitative estimate of drug-likeness (QED) is 0.706. The smallest absolute Gasteiger partial charge is 0.125 e. The third-order valence-electron chi connectivity index (χ3n) is 2.32. The van der Waals surface area contributed by atoms with E-state index < -0.39 is 0 Å². The number of hydrogen-bond acceptors (Lipinski definition) is 2. The molecular formula is C11H14FNS. The third-order valence-corrected chi connectivity index (χ3v) is 3.91. The third kappa shape index (κ3) is 2.03. The van der Waals surface area contributed by atoms with E-state index in [1.165, 1.54) is 6.07 Å². The minimum Gasteiger partial charge on any atom is -0.383 e. The molecule has 1 aromatic rings. The number of anilines is 1. The van der Waals surface area contributed by atoms with Crippen molar-refractivity contribution in [3.05, 3.63) is 24.0 Å². The second kappa shape index (κ2) is 3.46. The minimum absolute atomic E-state index is 0.170. The monoisotopic (exact) mass is 211 g/mol. The Labute approximate surface area is 88.1 Å². The molecular weight excluding hydrogens is 197 g/mol. The van der Waals surface area contributed by atoms with Gasteiger partial charge in [0.05, 0.1) is 5.69 Å². The molecule has 14 heavy (non-hydrogen) atoms. The van der Waals surface area contributed by atoms with Crippen molar-refractivity contribution in [3.8, 4) is 0 Å². The number of nitrogens with one attached hydrogen (secondary N) is 1. The van der Waals surface area contributed by atoms with Gasteiger partial charge in [-0.2, -0.15) is 0 Å². The van der Waals surface area contributed by atoms with Gasteiger partial charge in [-0.3, -0.25) is 0 Å². The molecule has 0 unspecified atom stereocenters. The van der Waals surface area contributed by atoms with Crippen LogP contribution in [0.3, 0.4) is 0 Å². The highest BCUT2D eigenvalue weighted by molar-refractivity contribution is 7.99. The SMILES string of the molecule is CC1(C)CNc2cc(F)ccc2SC1. The molecule has 0 radical (unpaired) electrons. The molecule has 1 heterocycles. The van der Waals surface area contributed by atoms with Crippen molar-refractivity contribution in [1.29, 1.82) is 0 Å². The van der Waals surface area contributed by atoms with E-state index in [0.717, 1.165) is 22.9 Å². The Morgan fingerprint density at radius 2 is 2.21 bits per heavy atom. The summed E-state index contributed by atoms with van der Waals surface area (Å²) in [6, 6.07) is 4.94. The molecule has 0 spiro atoms. The molecule has 0 saturated carbocycles. The van der Waals surface area contributed by atoms with Gasteiger partial charge in [0.25, 0.3) is 0 Å². The molecule has 2 rings (SSSR count). The van der Waals surface area contributed by atoms with Crippen molar-refractivity contribution >= 4 is 17.4 Å². The standard InChI is InChI=1S/C11H14FNS/c1-11(2)6-13-9-5-8(12)3-4-10(9)14-7-11/h3-5,13H,6-7H2,1-2H3. The molecule has 0 aliphatic carbocycles. The van der Waals surface area contributed by atoms with Crippen LogP contribution in [-0.2, 0) is 0 Å². The first-order valence-corrected chi connectivity index (χ1v) is 5.72. The molecule has 0 atom stereocenters. The molecule has 1 aliphatic rings. The van der Waals surface area contributed by atoms with Crippen molar-refractivity contribution in [2.24, 2.45) is 5.41 Å². The summed E-state index contributed by atoms with van der Waals surface area (Å²) in [6.45, 7) is 5.33. The summed E-state index contributed by atoms with van der Waals surface area (Å²) < 4.78 is 13.0. The Hall–Kier alpha value is -0.700.